The molecule has 0 saturated carbocycles. The van der Waals surface area contributed by atoms with Gasteiger partial charge in [-0.05, 0) is 53.8 Å². The van der Waals surface area contributed by atoms with Crippen LogP contribution in [0.2, 0.25) is 5.02 Å². The van der Waals surface area contributed by atoms with E-state index in [0.717, 1.165) is 46.3 Å². The van der Waals surface area contributed by atoms with Crippen LogP contribution in [-0.2, 0) is 28.9 Å². The third-order valence-corrected chi connectivity index (χ3v) is 6.93. The van der Waals surface area contributed by atoms with E-state index in [1.54, 1.807) is 13.0 Å². The molecule has 0 spiro atoms. The lowest BCUT2D eigenvalue weighted by Crippen LogP contribution is -2.25. The van der Waals surface area contributed by atoms with Gasteiger partial charge in [-0.25, -0.2) is 4.79 Å². The number of ether oxygens (including phenoxy) is 1. The molecular formula is C29H26ClN3O5. The van der Waals surface area contributed by atoms with Crippen molar-refractivity contribution in [1.29, 1.82) is 0 Å². The second-order valence-corrected chi connectivity index (χ2v) is 9.48. The van der Waals surface area contributed by atoms with E-state index in [2.05, 4.69) is 15.8 Å². The summed E-state index contributed by atoms with van der Waals surface area (Å²) in [5, 5.41) is 19.7. The van der Waals surface area contributed by atoms with E-state index < -0.39 is 18.2 Å². The quantitative estimate of drug-likeness (QED) is 0.258. The van der Waals surface area contributed by atoms with Crippen molar-refractivity contribution in [3.05, 3.63) is 94.1 Å². The van der Waals surface area contributed by atoms with Crippen molar-refractivity contribution in [2.75, 3.05) is 11.9 Å². The first-order valence-electron chi connectivity index (χ1n) is 12.2. The average molecular weight is 532 g/mol. The van der Waals surface area contributed by atoms with E-state index in [0.29, 0.717) is 28.6 Å². The normalized spacial score (nSPS) is 13.4. The number of amides is 1. The van der Waals surface area contributed by atoms with Crippen LogP contribution in [-0.4, -0.2) is 28.9 Å². The number of carboxylic acid groups (broad SMARTS) is 1. The summed E-state index contributed by atoms with van der Waals surface area (Å²) in [6, 6.07) is 18.8. The van der Waals surface area contributed by atoms with Crippen LogP contribution in [0.5, 0.6) is 0 Å². The number of rotatable bonds is 7. The highest BCUT2D eigenvalue weighted by Crippen LogP contribution is 2.38. The molecule has 0 fully saturated rings. The number of carbonyl (C=O) groups excluding carboxylic acids is 1. The van der Waals surface area contributed by atoms with Crippen LogP contribution in [0.1, 0.15) is 35.3 Å². The summed E-state index contributed by atoms with van der Waals surface area (Å²) in [7, 11) is 0. The molecule has 194 valence electrons. The molecule has 1 aromatic heterocycles. The Hall–Kier alpha value is -4.14. The van der Waals surface area contributed by atoms with Crippen LogP contribution in [0.3, 0.4) is 0 Å². The van der Waals surface area contributed by atoms with Gasteiger partial charge in [-0.15, -0.1) is 0 Å². The van der Waals surface area contributed by atoms with Gasteiger partial charge < -0.3 is 19.7 Å². The van der Waals surface area contributed by atoms with E-state index in [1.165, 1.54) is 6.20 Å². The van der Waals surface area contributed by atoms with Crippen molar-refractivity contribution in [3.8, 4) is 22.5 Å². The van der Waals surface area contributed by atoms with E-state index in [1.807, 2.05) is 54.6 Å². The van der Waals surface area contributed by atoms with Crippen LogP contribution >= 0.6 is 11.6 Å². The SMILES string of the molecule is CC(OC(=O)Nc1cnoc1-c1ccc(-c2ccc(CC(=O)O)cc2)c2c1CCNC2)c1ccccc1Cl. The van der Waals surface area contributed by atoms with E-state index in [9.17, 15) is 9.59 Å². The number of aromatic nitrogens is 1. The molecule has 1 unspecified atom stereocenters. The Bertz CT molecular complexity index is 1480. The van der Waals surface area contributed by atoms with Crippen molar-refractivity contribution in [3.63, 3.8) is 0 Å². The first-order valence-corrected chi connectivity index (χ1v) is 12.6. The molecule has 3 N–H and O–H groups in total. The third-order valence-electron chi connectivity index (χ3n) is 6.58. The summed E-state index contributed by atoms with van der Waals surface area (Å²) < 4.78 is 11.2. The minimum Gasteiger partial charge on any atom is -0.481 e. The molecular weight excluding hydrogens is 506 g/mol. The molecule has 0 aliphatic carbocycles. The van der Waals surface area contributed by atoms with Gasteiger partial charge in [0.25, 0.3) is 0 Å². The predicted octanol–water partition coefficient (Wildman–Crippen LogP) is 6.24. The smallest absolute Gasteiger partial charge is 0.412 e. The topological polar surface area (TPSA) is 114 Å². The highest BCUT2D eigenvalue weighted by atomic mass is 35.5. The molecule has 1 atom stereocenters. The molecule has 5 rings (SSSR count). The zero-order valence-electron chi connectivity index (χ0n) is 20.7. The van der Waals surface area contributed by atoms with E-state index in [-0.39, 0.29) is 6.42 Å². The summed E-state index contributed by atoms with van der Waals surface area (Å²) in [6.07, 6.45) is 1.02. The molecule has 1 aliphatic rings. The Morgan fingerprint density at radius 3 is 2.63 bits per heavy atom. The fourth-order valence-corrected chi connectivity index (χ4v) is 5.05. The van der Waals surface area contributed by atoms with Gasteiger partial charge in [0.05, 0.1) is 12.6 Å². The van der Waals surface area contributed by atoms with Crippen LogP contribution in [0.15, 0.2) is 71.4 Å². The Morgan fingerprint density at radius 2 is 1.87 bits per heavy atom. The van der Waals surface area contributed by atoms with Gasteiger partial charge in [-0.3, -0.25) is 10.1 Å². The van der Waals surface area contributed by atoms with Crippen LogP contribution < -0.4 is 10.6 Å². The number of aliphatic carboxylic acids is 1. The summed E-state index contributed by atoms with van der Waals surface area (Å²) in [5.74, 6) is -0.406. The van der Waals surface area contributed by atoms with Gasteiger partial charge in [0.1, 0.15) is 11.8 Å². The Kier molecular flexibility index (Phi) is 7.44. The van der Waals surface area contributed by atoms with Crippen molar-refractivity contribution in [1.82, 2.24) is 10.5 Å². The zero-order valence-corrected chi connectivity index (χ0v) is 21.4. The first-order chi connectivity index (χ1) is 18.4. The second-order valence-electron chi connectivity index (χ2n) is 9.07. The Labute approximate surface area is 224 Å². The fraction of sp³-hybridized carbons (Fsp3) is 0.207. The molecule has 9 heteroatoms. The maximum atomic E-state index is 12.7. The second kappa shape index (κ2) is 11.1. The molecule has 0 bridgehead atoms. The van der Waals surface area contributed by atoms with E-state index >= 15 is 0 Å². The van der Waals surface area contributed by atoms with Crippen LogP contribution in [0.4, 0.5) is 10.5 Å². The standard InChI is InChI=1S/C29H26ClN3O5/c1-17(20-4-2-3-5-25(20)30)37-29(36)33-26-16-32-38-28(26)23-11-10-21(24-15-31-13-12-22(23)24)19-8-6-18(7-9-19)14-27(34)35/h2-11,16-17,31H,12-15H2,1H3,(H,33,36)(H,34,35). The van der Waals surface area contributed by atoms with Gasteiger partial charge in [-0.1, -0.05) is 71.4 Å². The number of hydrogen-bond acceptors (Lipinski definition) is 6. The predicted molar refractivity (Wildman–Crippen MR) is 144 cm³/mol. The largest absolute Gasteiger partial charge is 0.481 e. The lowest BCUT2D eigenvalue weighted by Gasteiger charge is -2.23. The van der Waals surface area contributed by atoms with Gasteiger partial charge >= 0.3 is 12.1 Å². The number of carbonyl (C=O) groups is 2. The molecule has 1 amide bonds. The highest BCUT2D eigenvalue weighted by molar-refractivity contribution is 6.31. The molecule has 0 radical (unpaired) electrons. The summed E-state index contributed by atoms with van der Waals surface area (Å²) in [6.45, 7) is 3.23. The van der Waals surface area contributed by atoms with Crippen LogP contribution in [0, 0.1) is 0 Å². The summed E-state index contributed by atoms with van der Waals surface area (Å²) in [5.41, 5.74) is 7.00. The van der Waals surface area contributed by atoms with Gasteiger partial charge in [0.2, 0.25) is 0 Å². The molecule has 3 aromatic carbocycles. The lowest BCUT2D eigenvalue weighted by atomic mass is 9.87. The average Bonchev–Trinajstić information content (AvgIpc) is 3.36. The molecule has 38 heavy (non-hydrogen) atoms. The highest BCUT2D eigenvalue weighted by Gasteiger charge is 2.24. The number of benzene rings is 3. The van der Waals surface area contributed by atoms with Crippen molar-refractivity contribution in [2.45, 2.75) is 32.4 Å². The Morgan fingerprint density at radius 1 is 1.11 bits per heavy atom. The maximum absolute atomic E-state index is 12.7. The van der Waals surface area contributed by atoms with Crippen LogP contribution in [0.25, 0.3) is 22.5 Å². The van der Waals surface area contributed by atoms with Crippen molar-refractivity contribution in [2.24, 2.45) is 0 Å². The lowest BCUT2D eigenvalue weighted by molar-refractivity contribution is -0.136. The maximum Gasteiger partial charge on any atom is 0.412 e. The number of nitrogens with one attached hydrogen (secondary N) is 2. The number of anilines is 1. The van der Waals surface area contributed by atoms with Gasteiger partial charge in [-0.2, -0.15) is 0 Å². The van der Waals surface area contributed by atoms with Gasteiger partial charge in [0, 0.05) is 22.7 Å². The molecule has 1 aliphatic heterocycles. The van der Waals surface area contributed by atoms with Gasteiger partial charge in [0.15, 0.2) is 5.76 Å². The Balaban J connectivity index is 1.40. The molecule has 0 saturated heterocycles. The minimum atomic E-state index is -0.859. The van der Waals surface area contributed by atoms with Crippen molar-refractivity contribution >= 4 is 29.4 Å². The fourth-order valence-electron chi connectivity index (χ4n) is 4.76. The number of halogens is 1. The third kappa shape index (κ3) is 5.41. The molecule has 4 aromatic rings. The summed E-state index contributed by atoms with van der Waals surface area (Å²) in [4.78, 5) is 23.7. The number of fused-ring (bicyclic) bond motifs is 1. The number of hydrogen-bond donors (Lipinski definition) is 3. The zero-order chi connectivity index (χ0) is 26.6. The van der Waals surface area contributed by atoms with Crippen molar-refractivity contribution < 1.29 is 24.0 Å². The minimum absolute atomic E-state index is 0.0141. The molecule has 2 heterocycles. The molecule has 8 nitrogen and oxygen atoms in total. The van der Waals surface area contributed by atoms with E-state index in [4.69, 9.17) is 26.0 Å². The number of nitrogens with zero attached hydrogens (tertiary/aromatic N) is 1. The summed E-state index contributed by atoms with van der Waals surface area (Å²) >= 11 is 6.24. The first kappa shape index (κ1) is 25.5. The monoisotopic (exact) mass is 531 g/mol. The number of carboxylic acids is 1.